The Kier molecular flexibility index (Phi) is 3.81. The van der Waals surface area contributed by atoms with Crippen LogP contribution in [0.25, 0.3) is 0 Å². The van der Waals surface area contributed by atoms with Crippen LogP contribution >= 0.6 is 0 Å². The van der Waals surface area contributed by atoms with E-state index in [-0.39, 0.29) is 17.9 Å². The molecule has 1 aromatic rings. The van der Waals surface area contributed by atoms with E-state index < -0.39 is 0 Å². The number of carbonyl (C=O) groups is 1. The molecule has 0 aliphatic carbocycles. The number of nitrogens with one attached hydrogen (secondary N) is 3. The summed E-state index contributed by atoms with van der Waals surface area (Å²) in [6.07, 6.45) is 1.47. The molecule has 1 aromatic heterocycles. The van der Waals surface area contributed by atoms with E-state index in [4.69, 9.17) is 5.73 Å². The summed E-state index contributed by atoms with van der Waals surface area (Å²) in [5, 5.41) is 9.09. The van der Waals surface area contributed by atoms with Gasteiger partial charge >= 0.3 is 0 Å². The molecule has 0 radical (unpaired) electrons. The molecule has 5 N–H and O–H groups in total. The van der Waals surface area contributed by atoms with Crippen molar-refractivity contribution in [3.05, 3.63) is 6.07 Å². The van der Waals surface area contributed by atoms with Gasteiger partial charge in [-0.2, -0.15) is 9.97 Å². The van der Waals surface area contributed by atoms with E-state index in [9.17, 15) is 4.79 Å². The highest BCUT2D eigenvalue weighted by atomic mass is 16.1. The quantitative estimate of drug-likeness (QED) is 0.594. The Morgan fingerprint density at radius 3 is 2.94 bits per heavy atom. The van der Waals surface area contributed by atoms with Crippen LogP contribution in [0.1, 0.15) is 19.8 Å². The molecule has 0 bridgehead atoms. The zero-order chi connectivity index (χ0) is 13.0. The van der Waals surface area contributed by atoms with Gasteiger partial charge < -0.3 is 21.7 Å². The molecular weight excluding hydrogens is 232 g/mol. The third-order valence-electron chi connectivity index (χ3n) is 2.63. The van der Waals surface area contributed by atoms with Gasteiger partial charge in [0.25, 0.3) is 0 Å². The van der Waals surface area contributed by atoms with Gasteiger partial charge in [-0.05, 0) is 6.42 Å². The van der Waals surface area contributed by atoms with Gasteiger partial charge in [-0.15, -0.1) is 0 Å². The molecule has 2 rings (SSSR count). The molecule has 18 heavy (non-hydrogen) atoms. The van der Waals surface area contributed by atoms with Gasteiger partial charge in [0.2, 0.25) is 11.9 Å². The van der Waals surface area contributed by atoms with E-state index >= 15 is 0 Å². The summed E-state index contributed by atoms with van der Waals surface area (Å²) in [7, 11) is 0. The zero-order valence-electron chi connectivity index (χ0n) is 10.4. The fourth-order valence-corrected chi connectivity index (χ4v) is 1.80. The lowest BCUT2D eigenvalue weighted by Crippen LogP contribution is -2.23. The molecule has 1 aliphatic heterocycles. The van der Waals surface area contributed by atoms with Gasteiger partial charge in [-0.1, -0.05) is 6.92 Å². The monoisotopic (exact) mass is 250 g/mol. The van der Waals surface area contributed by atoms with Gasteiger partial charge in [0.1, 0.15) is 11.6 Å². The number of amides is 1. The molecule has 0 spiro atoms. The first-order valence-corrected chi connectivity index (χ1v) is 6.09. The summed E-state index contributed by atoms with van der Waals surface area (Å²) in [5.41, 5.74) is 5.65. The highest BCUT2D eigenvalue weighted by molar-refractivity contribution is 5.79. The second kappa shape index (κ2) is 5.52. The Morgan fingerprint density at radius 2 is 2.28 bits per heavy atom. The molecule has 1 aliphatic rings. The lowest BCUT2D eigenvalue weighted by molar-refractivity contribution is -0.119. The second-order valence-electron chi connectivity index (χ2n) is 4.27. The van der Waals surface area contributed by atoms with Crippen LogP contribution < -0.4 is 21.7 Å². The van der Waals surface area contributed by atoms with E-state index in [1.54, 1.807) is 6.07 Å². The molecule has 0 saturated carbocycles. The van der Waals surface area contributed by atoms with E-state index in [1.807, 2.05) is 0 Å². The van der Waals surface area contributed by atoms with Crippen molar-refractivity contribution in [2.45, 2.75) is 25.8 Å². The van der Waals surface area contributed by atoms with Crippen molar-refractivity contribution in [3.8, 4) is 0 Å². The number of nitrogens with zero attached hydrogens (tertiary/aromatic N) is 2. The van der Waals surface area contributed by atoms with Gasteiger partial charge in [0.15, 0.2) is 0 Å². The number of hydrogen-bond acceptors (Lipinski definition) is 6. The smallest absolute Gasteiger partial charge is 0.223 e. The largest absolute Gasteiger partial charge is 0.370 e. The average molecular weight is 250 g/mol. The average Bonchev–Trinajstić information content (AvgIpc) is 2.71. The fraction of sp³-hybridized carbons (Fsp3) is 0.545. The standard InChI is InChI=1S/C11H18N6O/c1-2-3-13-8-5-9(17-11(12)16-8)15-7-4-10(18)14-6-7/h5,7H,2-4,6H2,1H3,(H,14,18)(H4,12,13,15,16,17). The molecule has 1 fully saturated rings. The van der Waals surface area contributed by atoms with Gasteiger partial charge in [-0.25, -0.2) is 0 Å². The zero-order valence-corrected chi connectivity index (χ0v) is 10.4. The first kappa shape index (κ1) is 12.4. The molecule has 2 heterocycles. The predicted octanol–water partition coefficient (Wildman–Crippen LogP) is 0.181. The van der Waals surface area contributed by atoms with Crippen molar-refractivity contribution in [2.75, 3.05) is 29.5 Å². The Balaban J connectivity index is 2.03. The second-order valence-corrected chi connectivity index (χ2v) is 4.27. The van der Waals surface area contributed by atoms with Crippen LogP contribution in [0.4, 0.5) is 17.6 Å². The summed E-state index contributed by atoms with van der Waals surface area (Å²) in [6, 6.07) is 1.86. The van der Waals surface area contributed by atoms with Crippen molar-refractivity contribution in [1.82, 2.24) is 15.3 Å². The summed E-state index contributed by atoms with van der Waals surface area (Å²) in [4.78, 5) is 19.3. The van der Waals surface area contributed by atoms with Crippen LogP contribution in [0.3, 0.4) is 0 Å². The maximum absolute atomic E-state index is 11.1. The van der Waals surface area contributed by atoms with Gasteiger partial charge in [0, 0.05) is 25.6 Å². The first-order chi connectivity index (χ1) is 8.67. The predicted molar refractivity (Wildman–Crippen MR) is 70.3 cm³/mol. The molecule has 1 atom stereocenters. The van der Waals surface area contributed by atoms with E-state index in [1.165, 1.54) is 0 Å². The van der Waals surface area contributed by atoms with Crippen molar-refractivity contribution in [3.63, 3.8) is 0 Å². The van der Waals surface area contributed by atoms with E-state index in [2.05, 4.69) is 32.8 Å². The molecular formula is C11H18N6O. The van der Waals surface area contributed by atoms with Crippen LogP contribution in [0.15, 0.2) is 6.07 Å². The minimum absolute atomic E-state index is 0.0545. The molecule has 7 nitrogen and oxygen atoms in total. The molecule has 7 heteroatoms. The third kappa shape index (κ3) is 3.22. The number of carbonyl (C=O) groups excluding carboxylic acids is 1. The number of nitrogen functional groups attached to an aromatic ring is 1. The molecule has 1 amide bonds. The SMILES string of the molecule is CCCNc1cc(NC2CNC(=O)C2)nc(N)n1. The van der Waals surface area contributed by atoms with Crippen LogP contribution in [-0.4, -0.2) is 35.0 Å². The van der Waals surface area contributed by atoms with Crippen LogP contribution in [-0.2, 0) is 4.79 Å². The summed E-state index contributed by atoms with van der Waals surface area (Å²) < 4.78 is 0. The maximum Gasteiger partial charge on any atom is 0.223 e. The van der Waals surface area contributed by atoms with Crippen molar-refractivity contribution < 1.29 is 4.79 Å². The minimum Gasteiger partial charge on any atom is -0.370 e. The third-order valence-corrected chi connectivity index (χ3v) is 2.63. The van der Waals surface area contributed by atoms with Crippen molar-refractivity contribution in [1.29, 1.82) is 0 Å². The normalized spacial score (nSPS) is 18.5. The highest BCUT2D eigenvalue weighted by Gasteiger charge is 2.21. The molecule has 1 saturated heterocycles. The number of anilines is 3. The lowest BCUT2D eigenvalue weighted by atomic mass is 10.2. The summed E-state index contributed by atoms with van der Waals surface area (Å²) in [6.45, 7) is 3.52. The van der Waals surface area contributed by atoms with Crippen molar-refractivity contribution >= 4 is 23.5 Å². The fourth-order valence-electron chi connectivity index (χ4n) is 1.80. The number of rotatable bonds is 5. The lowest BCUT2D eigenvalue weighted by Gasteiger charge is -2.13. The Labute approximate surface area is 106 Å². The Morgan fingerprint density at radius 1 is 1.50 bits per heavy atom. The van der Waals surface area contributed by atoms with Gasteiger partial charge in [-0.3, -0.25) is 4.79 Å². The maximum atomic E-state index is 11.1. The van der Waals surface area contributed by atoms with Gasteiger partial charge in [0.05, 0.1) is 6.04 Å². The molecule has 1 unspecified atom stereocenters. The topological polar surface area (TPSA) is 105 Å². The van der Waals surface area contributed by atoms with Crippen LogP contribution in [0, 0.1) is 0 Å². The highest BCUT2D eigenvalue weighted by Crippen LogP contribution is 2.15. The van der Waals surface area contributed by atoms with Crippen molar-refractivity contribution in [2.24, 2.45) is 0 Å². The Bertz CT molecular complexity index is 436. The number of hydrogen-bond donors (Lipinski definition) is 4. The number of aromatic nitrogens is 2. The van der Waals surface area contributed by atoms with Crippen LogP contribution in [0.2, 0.25) is 0 Å². The van der Waals surface area contributed by atoms with E-state index in [0.717, 1.165) is 13.0 Å². The first-order valence-electron chi connectivity index (χ1n) is 6.09. The summed E-state index contributed by atoms with van der Waals surface area (Å²) in [5.74, 6) is 1.61. The summed E-state index contributed by atoms with van der Waals surface area (Å²) >= 11 is 0. The Hall–Kier alpha value is -2.05. The number of nitrogens with two attached hydrogens (primary N) is 1. The molecule has 0 aromatic carbocycles. The minimum atomic E-state index is 0.0545. The molecule has 98 valence electrons. The van der Waals surface area contributed by atoms with E-state index in [0.29, 0.717) is 24.6 Å². The van der Waals surface area contributed by atoms with Crippen LogP contribution in [0.5, 0.6) is 0 Å².